The van der Waals surface area contributed by atoms with E-state index in [0.717, 1.165) is 21.9 Å². The van der Waals surface area contributed by atoms with Crippen molar-refractivity contribution in [1.29, 1.82) is 0 Å². The third kappa shape index (κ3) is 3.77. The Morgan fingerprint density at radius 3 is 1.65 bits per heavy atom. The highest BCUT2D eigenvalue weighted by molar-refractivity contribution is 7.24. The molecule has 0 amide bonds. The van der Waals surface area contributed by atoms with Crippen molar-refractivity contribution in [2.75, 3.05) is 4.90 Å². The number of rotatable bonds is 1. The molecular formula is C57H37NOSi. The fourth-order valence-corrected chi connectivity index (χ4v) is 18.0. The molecule has 0 radical (unpaired) electrons. The Hall–Kier alpha value is -7.20. The first-order chi connectivity index (χ1) is 29.6. The van der Waals surface area contributed by atoms with Crippen molar-refractivity contribution in [2.24, 2.45) is 0 Å². The number of aryl methyl sites for hydroxylation is 2. The van der Waals surface area contributed by atoms with E-state index in [1.807, 2.05) is 0 Å². The van der Waals surface area contributed by atoms with Crippen LogP contribution in [0.1, 0.15) is 33.4 Å². The third-order valence-electron chi connectivity index (χ3n) is 14.4. The van der Waals surface area contributed by atoms with Crippen molar-refractivity contribution >= 4 is 67.8 Å². The second-order valence-corrected chi connectivity index (χ2v) is 20.9. The summed E-state index contributed by atoms with van der Waals surface area (Å²) >= 11 is 0. The predicted octanol–water partition coefficient (Wildman–Crippen LogP) is 11.7. The molecule has 2 spiro atoms. The van der Waals surface area contributed by atoms with Gasteiger partial charge in [-0.1, -0.05) is 157 Å². The molecule has 0 N–H and O–H groups in total. The van der Waals surface area contributed by atoms with Gasteiger partial charge in [-0.25, -0.2) is 0 Å². The van der Waals surface area contributed by atoms with Crippen molar-refractivity contribution in [3.8, 4) is 33.4 Å². The van der Waals surface area contributed by atoms with E-state index < -0.39 is 13.5 Å². The lowest BCUT2D eigenvalue weighted by Gasteiger charge is -2.45. The lowest BCUT2D eigenvalue weighted by atomic mass is 9.64. The van der Waals surface area contributed by atoms with Gasteiger partial charge in [0.05, 0.1) is 16.8 Å². The largest absolute Gasteiger partial charge is 0.456 e. The maximum atomic E-state index is 6.53. The molecule has 280 valence electrons. The van der Waals surface area contributed by atoms with Gasteiger partial charge in [0.2, 0.25) is 0 Å². The summed E-state index contributed by atoms with van der Waals surface area (Å²) in [4.78, 5) is 2.57. The van der Waals surface area contributed by atoms with Crippen LogP contribution in [0.4, 0.5) is 17.1 Å². The van der Waals surface area contributed by atoms with Gasteiger partial charge in [-0.05, 0) is 133 Å². The Bertz CT molecular complexity index is 3450. The molecular weight excluding hydrogens is 743 g/mol. The molecule has 2 nitrogen and oxygen atoms in total. The summed E-state index contributed by atoms with van der Waals surface area (Å²) in [5.41, 5.74) is 20.8. The van der Waals surface area contributed by atoms with Crippen LogP contribution >= 0.6 is 0 Å². The van der Waals surface area contributed by atoms with E-state index in [-0.39, 0.29) is 0 Å². The average molecular weight is 780 g/mol. The normalized spacial score (nSPS) is 15.1. The molecule has 14 rings (SSSR count). The highest BCUT2D eigenvalue weighted by atomic mass is 28.3. The standard InChI is InChI=1S/C57H37NOSi/c1-34-23-26-40-41-27-24-35(2)30-55(41)60(54(40)29-34)53-22-12-5-15-39(53)42-28-25-36(31-56(42)60)58-49-19-9-7-17-46(49)57(47-18-8-10-20-50(47)58)45-16-6-3-13-37(45)43-33-52-44(32-48(43)57)38-14-4-11-21-51(38)59-52/h3-33H,1-2H3. The molecule has 1 aliphatic carbocycles. The smallest absolute Gasteiger partial charge is 0.182 e. The number of benzene rings is 9. The molecule has 0 unspecified atom stereocenters. The van der Waals surface area contributed by atoms with E-state index in [1.54, 1.807) is 0 Å². The maximum Gasteiger partial charge on any atom is 0.182 e. The minimum absolute atomic E-state index is 0.538. The number of nitrogens with zero attached hydrogens (tertiary/aromatic N) is 1. The van der Waals surface area contributed by atoms with Crippen LogP contribution in [0.3, 0.4) is 0 Å². The van der Waals surface area contributed by atoms with Crippen LogP contribution in [0.5, 0.6) is 0 Å². The lowest BCUT2D eigenvalue weighted by molar-refractivity contribution is 0.668. The topological polar surface area (TPSA) is 16.4 Å². The minimum atomic E-state index is -2.70. The molecule has 3 heteroatoms. The van der Waals surface area contributed by atoms with E-state index in [2.05, 4.69) is 207 Å². The van der Waals surface area contributed by atoms with Crippen molar-refractivity contribution in [1.82, 2.24) is 0 Å². The molecule has 1 aromatic heterocycles. The van der Waals surface area contributed by atoms with Crippen LogP contribution in [-0.4, -0.2) is 8.07 Å². The van der Waals surface area contributed by atoms with Crippen molar-refractivity contribution < 1.29 is 4.42 Å². The highest BCUT2D eigenvalue weighted by Crippen LogP contribution is 2.64. The predicted molar refractivity (Wildman–Crippen MR) is 250 cm³/mol. The Labute approximate surface area is 349 Å². The molecule has 4 heterocycles. The lowest BCUT2D eigenvalue weighted by Crippen LogP contribution is -2.70. The molecule has 3 aliphatic heterocycles. The van der Waals surface area contributed by atoms with Crippen molar-refractivity contribution in [3.63, 3.8) is 0 Å². The monoisotopic (exact) mass is 779 g/mol. The fourth-order valence-electron chi connectivity index (χ4n) is 12.1. The zero-order chi connectivity index (χ0) is 39.5. The average Bonchev–Trinajstić information content (AvgIpc) is 3.98. The zero-order valence-corrected chi connectivity index (χ0v) is 34.3. The zero-order valence-electron chi connectivity index (χ0n) is 33.3. The van der Waals surface area contributed by atoms with E-state index in [0.29, 0.717) is 0 Å². The van der Waals surface area contributed by atoms with Gasteiger partial charge in [0.1, 0.15) is 11.2 Å². The summed E-state index contributed by atoms with van der Waals surface area (Å²) in [5.74, 6) is 0. The second kappa shape index (κ2) is 11.3. The Balaban J connectivity index is 1.06. The van der Waals surface area contributed by atoms with E-state index in [4.69, 9.17) is 4.42 Å². The van der Waals surface area contributed by atoms with E-state index in [9.17, 15) is 0 Å². The first-order valence-electron chi connectivity index (χ1n) is 21.1. The van der Waals surface area contributed by atoms with Crippen LogP contribution in [0.25, 0.3) is 55.3 Å². The summed E-state index contributed by atoms with van der Waals surface area (Å²) in [6, 6.07) is 71.7. The van der Waals surface area contributed by atoms with Gasteiger partial charge in [-0.15, -0.1) is 0 Å². The van der Waals surface area contributed by atoms with Crippen LogP contribution in [0.2, 0.25) is 0 Å². The minimum Gasteiger partial charge on any atom is -0.456 e. The maximum absolute atomic E-state index is 6.53. The Kier molecular flexibility index (Phi) is 6.16. The number of fused-ring (bicyclic) bond motifs is 22. The highest BCUT2D eigenvalue weighted by Gasteiger charge is 2.55. The van der Waals surface area contributed by atoms with Crippen molar-refractivity contribution in [2.45, 2.75) is 19.3 Å². The number of anilines is 3. The summed E-state index contributed by atoms with van der Waals surface area (Å²) in [6.07, 6.45) is 0. The molecule has 10 aromatic rings. The first kappa shape index (κ1) is 32.7. The quantitative estimate of drug-likeness (QED) is 0.154. The van der Waals surface area contributed by atoms with Gasteiger partial charge >= 0.3 is 0 Å². The van der Waals surface area contributed by atoms with Gasteiger partial charge < -0.3 is 9.32 Å². The summed E-state index contributed by atoms with van der Waals surface area (Å²) in [7, 11) is -2.70. The molecule has 60 heavy (non-hydrogen) atoms. The molecule has 0 bridgehead atoms. The summed E-state index contributed by atoms with van der Waals surface area (Å²) in [6.45, 7) is 4.51. The van der Waals surface area contributed by atoms with Crippen LogP contribution < -0.4 is 25.6 Å². The molecule has 0 atom stereocenters. The molecule has 9 aromatic carbocycles. The van der Waals surface area contributed by atoms with Gasteiger partial charge in [0.15, 0.2) is 8.07 Å². The molecule has 4 aliphatic rings. The molecule has 0 fully saturated rings. The van der Waals surface area contributed by atoms with Crippen LogP contribution in [-0.2, 0) is 5.41 Å². The number of para-hydroxylation sites is 3. The van der Waals surface area contributed by atoms with Crippen molar-refractivity contribution in [3.05, 3.63) is 221 Å². The summed E-state index contributed by atoms with van der Waals surface area (Å²) < 4.78 is 6.53. The second-order valence-electron chi connectivity index (χ2n) is 17.3. The molecule has 0 saturated heterocycles. The number of hydrogen-bond acceptors (Lipinski definition) is 2. The van der Waals surface area contributed by atoms with Crippen LogP contribution in [0, 0.1) is 13.8 Å². The van der Waals surface area contributed by atoms with Gasteiger partial charge in [0.25, 0.3) is 0 Å². The van der Waals surface area contributed by atoms with Crippen LogP contribution in [0.15, 0.2) is 192 Å². The SMILES string of the molecule is Cc1ccc2c(c1)[Si]1(c3ccccc3-c3ccc(N4c5ccccc5C5(c6ccccc6-c6cc7oc8ccccc8c7cc65)c5ccccc54)cc31)c1cc(C)ccc1-2. The number of furan rings is 1. The summed E-state index contributed by atoms with van der Waals surface area (Å²) in [5, 5.41) is 8.33. The van der Waals surface area contributed by atoms with Gasteiger partial charge in [-0.3, -0.25) is 0 Å². The number of hydrogen-bond donors (Lipinski definition) is 0. The Morgan fingerprint density at radius 2 is 0.933 bits per heavy atom. The Morgan fingerprint density at radius 1 is 0.383 bits per heavy atom. The fraction of sp³-hybridized carbons (Fsp3) is 0.0526. The third-order valence-corrected chi connectivity index (χ3v) is 19.3. The van der Waals surface area contributed by atoms with Gasteiger partial charge in [-0.2, -0.15) is 0 Å². The molecule has 0 saturated carbocycles. The van der Waals surface area contributed by atoms with E-state index >= 15 is 0 Å². The first-order valence-corrected chi connectivity index (χ1v) is 23.1. The van der Waals surface area contributed by atoms with Gasteiger partial charge in [0, 0.05) is 16.5 Å². The van der Waals surface area contributed by atoms with E-state index in [1.165, 1.54) is 105 Å².